The fourth-order valence-corrected chi connectivity index (χ4v) is 3.10. The molecule has 2 aromatic carbocycles. The average Bonchev–Trinajstić information content (AvgIpc) is 3.11. The molecule has 3 aromatic rings. The van der Waals surface area contributed by atoms with Gasteiger partial charge in [0.15, 0.2) is 0 Å². The summed E-state index contributed by atoms with van der Waals surface area (Å²) >= 11 is 6.43. The van der Waals surface area contributed by atoms with E-state index >= 15 is 0 Å². The van der Waals surface area contributed by atoms with Gasteiger partial charge in [0.25, 0.3) is 0 Å². The molecule has 0 amide bonds. The second kappa shape index (κ2) is 9.04. The molecule has 0 radical (unpaired) electrons. The number of halogens is 1. The first kappa shape index (κ1) is 19.4. The van der Waals surface area contributed by atoms with Gasteiger partial charge in [0.1, 0.15) is 5.75 Å². The van der Waals surface area contributed by atoms with E-state index in [4.69, 9.17) is 26.2 Å². The quantitative estimate of drug-likeness (QED) is 0.627. The molecule has 0 aliphatic rings. The van der Waals surface area contributed by atoms with Crippen LogP contribution in [0.2, 0.25) is 5.02 Å². The van der Waals surface area contributed by atoms with Gasteiger partial charge in [0, 0.05) is 37.0 Å². The summed E-state index contributed by atoms with van der Waals surface area (Å²) in [5, 5.41) is 8.97. The third-order valence-electron chi connectivity index (χ3n) is 4.31. The van der Waals surface area contributed by atoms with E-state index in [9.17, 15) is 0 Å². The number of nitrogens with one attached hydrogen (secondary N) is 1. The highest BCUT2D eigenvalue weighted by Crippen LogP contribution is 2.30. The van der Waals surface area contributed by atoms with Crippen molar-refractivity contribution in [1.29, 1.82) is 0 Å². The molecule has 0 saturated heterocycles. The van der Waals surface area contributed by atoms with Crippen LogP contribution < -0.4 is 10.1 Å². The molecular weight excluding hydrogens is 362 g/mol. The predicted octanol–water partition coefficient (Wildman–Crippen LogP) is 4.33. The molecule has 27 heavy (non-hydrogen) atoms. The lowest BCUT2D eigenvalue weighted by Gasteiger charge is -2.12. The summed E-state index contributed by atoms with van der Waals surface area (Å²) in [6.45, 7) is 3.40. The Bertz CT molecular complexity index is 877. The second-order valence-corrected chi connectivity index (χ2v) is 6.77. The first-order chi connectivity index (χ1) is 13.1. The molecule has 0 saturated carbocycles. The molecule has 1 heterocycles. The molecule has 142 valence electrons. The van der Waals surface area contributed by atoms with E-state index in [1.54, 1.807) is 14.2 Å². The predicted molar refractivity (Wildman–Crippen MR) is 109 cm³/mol. The topological polar surface area (TPSA) is 48.3 Å². The zero-order valence-electron chi connectivity index (χ0n) is 15.8. The molecule has 5 nitrogen and oxygen atoms in total. The molecule has 0 fully saturated rings. The minimum Gasteiger partial charge on any atom is -0.497 e. The molecule has 1 atom stereocenters. The number of hydrogen-bond donors (Lipinski definition) is 1. The smallest absolute Gasteiger partial charge is 0.119 e. The van der Waals surface area contributed by atoms with E-state index in [1.165, 1.54) is 0 Å². The van der Waals surface area contributed by atoms with Crippen LogP contribution in [0.3, 0.4) is 0 Å². The van der Waals surface area contributed by atoms with Crippen LogP contribution in [-0.2, 0) is 11.3 Å². The number of rotatable bonds is 8. The highest BCUT2D eigenvalue weighted by Gasteiger charge is 2.15. The minimum absolute atomic E-state index is 0.235. The minimum atomic E-state index is 0.235. The summed E-state index contributed by atoms with van der Waals surface area (Å²) < 4.78 is 12.3. The first-order valence-electron chi connectivity index (χ1n) is 8.82. The summed E-state index contributed by atoms with van der Waals surface area (Å²) in [6.07, 6.45) is 2.03. The maximum atomic E-state index is 6.43. The molecule has 0 bridgehead atoms. The Hall–Kier alpha value is -2.34. The summed E-state index contributed by atoms with van der Waals surface area (Å²) in [5.41, 5.74) is 3.82. The van der Waals surface area contributed by atoms with E-state index in [0.29, 0.717) is 18.2 Å². The molecule has 0 unspecified atom stereocenters. The van der Waals surface area contributed by atoms with Gasteiger partial charge < -0.3 is 14.8 Å². The number of methoxy groups -OCH3 is 2. The van der Waals surface area contributed by atoms with Gasteiger partial charge in [-0.3, -0.25) is 0 Å². The average molecular weight is 386 g/mol. The Morgan fingerprint density at radius 1 is 1.11 bits per heavy atom. The molecule has 0 aliphatic heterocycles. The van der Waals surface area contributed by atoms with Gasteiger partial charge in [0.05, 0.1) is 30.1 Å². The van der Waals surface area contributed by atoms with Crippen molar-refractivity contribution in [2.24, 2.45) is 0 Å². The van der Waals surface area contributed by atoms with Crippen molar-refractivity contribution < 1.29 is 9.47 Å². The van der Waals surface area contributed by atoms with Crippen LogP contribution >= 0.6 is 11.6 Å². The van der Waals surface area contributed by atoms with E-state index in [2.05, 4.69) is 12.2 Å². The summed E-state index contributed by atoms with van der Waals surface area (Å²) in [7, 11) is 3.36. The van der Waals surface area contributed by atoms with Crippen molar-refractivity contribution in [3.63, 3.8) is 0 Å². The third kappa shape index (κ3) is 4.69. The van der Waals surface area contributed by atoms with Crippen LogP contribution in [0.25, 0.3) is 16.9 Å². The number of benzene rings is 2. The fraction of sp³-hybridized carbons (Fsp3) is 0.286. The van der Waals surface area contributed by atoms with E-state index < -0.39 is 0 Å². The van der Waals surface area contributed by atoms with Gasteiger partial charge in [-0.15, -0.1) is 0 Å². The molecular formula is C21H24ClN3O2. The number of ether oxygens (including phenoxy) is 2. The van der Waals surface area contributed by atoms with Crippen molar-refractivity contribution in [3.8, 4) is 22.7 Å². The number of aromatic nitrogens is 2. The molecule has 0 aliphatic carbocycles. The highest BCUT2D eigenvalue weighted by atomic mass is 35.5. The van der Waals surface area contributed by atoms with Gasteiger partial charge in [-0.2, -0.15) is 5.10 Å². The summed E-state index contributed by atoms with van der Waals surface area (Å²) in [6, 6.07) is 15.8. The van der Waals surface area contributed by atoms with Gasteiger partial charge >= 0.3 is 0 Å². The normalized spacial score (nSPS) is 12.1. The number of hydrogen-bond acceptors (Lipinski definition) is 4. The Morgan fingerprint density at radius 2 is 1.85 bits per heavy atom. The summed E-state index contributed by atoms with van der Waals surface area (Å²) in [5.74, 6) is 0.813. The van der Waals surface area contributed by atoms with Gasteiger partial charge in [-0.05, 0) is 37.3 Å². The fourth-order valence-electron chi connectivity index (χ4n) is 2.88. The van der Waals surface area contributed by atoms with Crippen molar-refractivity contribution in [2.45, 2.75) is 19.5 Å². The van der Waals surface area contributed by atoms with Crippen LogP contribution in [-0.4, -0.2) is 36.6 Å². The molecule has 1 aromatic heterocycles. The maximum Gasteiger partial charge on any atom is 0.119 e. The third-order valence-corrected chi connectivity index (χ3v) is 4.64. The second-order valence-electron chi connectivity index (χ2n) is 6.36. The largest absolute Gasteiger partial charge is 0.497 e. The van der Waals surface area contributed by atoms with E-state index in [1.807, 2.05) is 59.4 Å². The van der Waals surface area contributed by atoms with Crippen LogP contribution in [0.4, 0.5) is 0 Å². The van der Waals surface area contributed by atoms with Gasteiger partial charge in [-0.25, -0.2) is 4.68 Å². The van der Waals surface area contributed by atoms with Crippen LogP contribution in [0.15, 0.2) is 54.7 Å². The van der Waals surface area contributed by atoms with Gasteiger partial charge in [0.2, 0.25) is 0 Å². The lowest BCUT2D eigenvalue weighted by atomic mass is 10.1. The van der Waals surface area contributed by atoms with Gasteiger partial charge in [-0.1, -0.05) is 29.8 Å². The van der Waals surface area contributed by atoms with Crippen LogP contribution in [0.5, 0.6) is 5.75 Å². The Labute approximate surface area is 164 Å². The summed E-state index contributed by atoms with van der Waals surface area (Å²) in [4.78, 5) is 0. The lowest BCUT2D eigenvalue weighted by Crippen LogP contribution is -2.29. The molecule has 3 rings (SSSR count). The molecule has 6 heteroatoms. The van der Waals surface area contributed by atoms with Crippen molar-refractivity contribution in [1.82, 2.24) is 15.1 Å². The van der Waals surface area contributed by atoms with Crippen molar-refractivity contribution in [2.75, 3.05) is 20.8 Å². The highest BCUT2D eigenvalue weighted by molar-refractivity contribution is 6.33. The first-order valence-corrected chi connectivity index (χ1v) is 9.20. The SMILES string of the molecule is COC[C@@H](C)NCc1cn(-c2ccc(OC)cc2)nc1-c1ccccc1Cl. The number of nitrogens with zero attached hydrogens (tertiary/aromatic N) is 2. The van der Waals surface area contributed by atoms with E-state index in [-0.39, 0.29) is 6.04 Å². The van der Waals surface area contributed by atoms with Crippen LogP contribution in [0.1, 0.15) is 12.5 Å². The standard InChI is InChI=1S/C21H24ClN3O2/c1-15(14-26-2)23-12-16-13-25(17-8-10-18(27-3)11-9-17)24-21(16)19-6-4-5-7-20(19)22/h4-11,13,15,23H,12,14H2,1-3H3/t15-/m1/s1. The van der Waals surface area contributed by atoms with E-state index in [0.717, 1.165) is 28.3 Å². The Balaban J connectivity index is 1.96. The Morgan fingerprint density at radius 3 is 2.52 bits per heavy atom. The van der Waals surface area contributed by atoms with Crippen molar-refractivity contribution in [3.05, 3.63) is 65.3 Å². The van der Waals surface area contributed by atoms with Crippen LogP contribution in [0, 0.1) is 0 Å². The Kier molecular flexibility index (Phi) is 6.50. The zero-order chi connectivity index (χ0) is 19.2. The van der Waals surface area contributed by atoms with Crippen molar-refractivity contribution >= 4 is 11.6 Å². The molecule has 1 N–H and O–H groups in total. The molecule has 0 spiro atoms. The monoisotopic (exact) mass is 385 g/mol. The lowest BCUT2D eigenvalue weighted by molar-refractivity contribution is 0.171. The maximum absolute atomic E-state index is 6.43. The zero-order valence-corrected chi connectivity index (χ0v) is 16.5.